The third-order valence-electron chi connectivity index (χ3n) is 4.72. The molecule has 0 aliphatic carbocycles. The summed E-state index contributed by atoms with van der Waals surface area (Å²) in [5, 5.41) is 10.8. The van der Waals surface area contributed by atoms with E-state index in [9.17, 15) is 14.4 Å². The van der Waals surface area contributed by atoms with E-state index in [1.165, 1.54) is 29.6 Å². The lowest BCUT2D eigenvalue weighted by molar-refractivity contribution is -0.119. The van der Waals surface area contributed by atoms with Crippen LogP contribution in [-0.2, 0) is 22.7 Å². The average Bonchev–Trinajstić information content (AvgIpc) is 3.58. The van der Waals surface area contributed by atoms with Crippen LogP contribution in [0.3, 0.4) is 0 Å². The first kappa shape index (κ1) is 23.3. The van der Waals surface area contributed by atoms with Crippen LogP contribution in [0.4, 0.5) is 10.8 Å². The number of rotatable bonds is 9. The summed E-state index contributed by atoms with van der Waals surface area (Å²) in [6.45, 7) is 2.48. The summed E-state index contributed by atoms with van der Waals surface area (Å²) in [6, 6.07) is 10.7. The van der Waals surface area contributed by atoms with Gasteiger partial charge in [0.15, 0.2) is 5.13 Å². The lowest BCUT2D eigenvalue weighted by Gasteiger charge is -2.08. The summed E-state index contributed by atoms with van der Waals surface area (Å²) >= 11 is 2.87. The molecule has 3 amide bonds. The number of anilines is 2. The van der Waals surface area contributed by atoms with Crippen LogP contribution in [0.1, 0.15) is 28.6 Å². The van der Waals surface area contributed by atoms with Gasteiger partial charge < -0.3 is 15.2 Å². The molecule has 3 aromatic heterocycles. The lowest BCUT2D eigenvalue weighted by atomic mass is 10.2. The molecule has 0 aliphatic rings. The molecule has 174 valence electrons. The Balaban J connectivity index is 1.34. The van der Waals surface area contributed by atoms with Gasteiger partial charge in [0.1, 0.15) is 0 Å². The van der Waals surface area contributed by atoms with Crippen molar-refractivity contribution in [3.05, 3.63) is 70.9 Å². The van der Waals surface area contributed by atoms with Gasteiger partial charge >= 0.3 is 0 Å². The third-order valence-corrected chi connectivity index (χ3v) is 6.58. The number of aromatic nitrogens is 3. The molecule has 0 atom stereocenters. The molecular formula is C23H22N6O3S2. The van der Waals surface area contributed by atoms with E-state index in [4.69, 9.17) is 0 Å². The zero-order chi connectivity index (χ0) is 23.9. The van der Waals surface area contributed by atoms with Crippen LogP contribution in [-0.4, -0.2) is 32.3 Å². The van der Waals surface area contributed by atoms with Gasteiger partial charge in [0.05, 0.1) is 23.4 Å². The Labute approximate surface area is 203 Å². The number of nitrogens with one attached hydrogen (secondary N) is 3. The van der Waals surface area contributed by atoms with Gasteiger partial charge in [-0.3, -0.25) is 19.7 Å². The first-order chi connectivity index (χ1) is 16.5. The van der Waals surface area contributed by atoms with Crippen molar-refractivity contribution in [3.63, 3.8) is 0 Å². The van der Waals surface area contributed by atoms with E-state index in [1.807, 2.05) is 22.1 Å². The summed E-state index contributed by atoms with van der Waals surface area (Å²) in [5.41, 5.74) is 1.73. The van der Waals surface area contributed by atoms with Crippen molar-refractivity contribution in [2.24, 2.45) is 0 Å². The zero-order valence-electron chi connectivity index (χ0n) is 18.3. The number of benzene rings is 1. The highest BCUT2D eigenvalue weighted by Crippen LogP contribution is 2.31. The van der Waals surface area contributed by atoms with Crippen molar-refractivity contribution in [2.45, 2.75) is 26.4 Å². The van der Waals surface area contributed by atoms with Crippen molar-refractivity contribution in [1.82, 2.24) is 19.9 Å². The van der Waals surface area contributed by atoms with Crippen LogP contribution in [0, 0.1) is 0 Å². The fourth-order valence-corrected chi connectivity index (χ4v) is 4.74. The van der Waals surface area contributed by atoms with E-state index < -0.39 is 0 Å². The maximum absolute atomic E-state index is 12.7. The third kappa shape index (κ3) is 6.36. The minimum absolute atomic E-state index is 0.0771. The van der Waals surface area contributed by atoms with E-state index in [1.54, 1.807) is 43.0 Å². The molecule has 3 N–H and O–H groups in total. The average molecular weight is 495 g/mol. The molecule has 0 spiro atoms. The number of carbonyl (C=O) groups excluding carboxylic acids is 3. The van der Waals surface area contributed by atoms with Gasteiger partial charge in [0, 0.05) is 53.8 Å². The van der Waals surface area contributed by atoms with Crippen molar-refractivity contribution in [2.75, 3.05) is 10.6 Å². The second kappa shape index (κ2) is 10.9. The van der Waals surface area contributed by atoms with E-state index in [2.05, 4.69) is 25.9 Å². The van der Waals surface area contributed by atoms with Crippen molar-refractivity contribution < 1.29 is 14.4 Å². The summed E-state index contributed by atoms with van der Waals surface area (Å²) in [4.78, 5) is 46.5. The summed E-state index contributed by atoms with van der Waals surface area (Å²) in [6.07, 6.45) is 5.41. The molecule has 9 nitrogen and oxygen atoms in total. The maximum atomic E-state index is 12.7. The number of amides is 3. The normalized spacial score (nSPS) is 10.6. The molecule has 1 aromatic carbocycles. The molecule has 4 rings (SSSR count). The molecular weight excluding hydrogens is 472 g/mol. The SMILES string of the molecule is CC(=O)NCc1ccc(-c2csc(NC(=O)c3cccc(NC(=O)CCn4ccnc4)c3)n2)s1. The second-order valence-corrected chi connectivity index (χ2v) is 9.37. The number of hydrogen-bond donors (Lipinski definition) is 3. The van der Waals surface area contributed by atoms with Crippen LogP contribution in [0.25, 0.3) is 10.6 Å². The molecule has 0 radical (unpaired) electrons. The molecule has 0 unspecified atom stereocenters. The van der Waals surface area contributed by atoms with E-state index in [0.29, 0.717) is 35.9 Å². The molecule has 0 aliphatic heterocycles. The van der Waals surface area contributed by atoms with Crippen LogP contribution < -0.4 is 16.0 Å². The first-order valence-electron chi connectivity index (χ1n) is 10.4. The van der Waals surface area contributed by atoms with Crippen LogP contribution >= 0.6 is 22.7 Å². The van der Waals surface area contributed by atoms with Gasteiger partial charge in [-0.15, -0.1) is 22.7 Å². The van der Waals surface area contributed by atoms with E-state index >= 15 is 0 Å². The standard InChI is InChI=1S/C23H22N6O3S2/c1-15(30)25-12-18-5-6-20(34-18)19-13-33-23(27-19)28-22(32)16-3-2-4-17(11-16)26-21(31)7-9-29-10-8-24-14-29/h2-6,8,10-11,13-14H,7,9,12H2,1H3,(H,25,30)(H,26,31)(H,27,28,32). The predicted molar refractivity (Wildman–Crippen MR) is 133 cm³/mol. The minimum atomic E-state index is -0.312. The molecule has 0 saturated heterocycles. The molecule has 0 bridgehead atoms. The van der Waals surface area contributed by atoms with Crippen molar-refractivity contribution in [1.29, 1.82) is 0 Å². The fourth-order valence-electron chi connectivity index (χ4n) is 3.05. The van der Waals surface area contributed by atoms with Crippen LogP contribution in [0.15, 0.2) is 60.5 Å². The summed E-state index contributed by atoms with van der Waals surface area (Å²) in [5.74, 6) is -0.538. The number of nitrogens with zero attached hydrogens (tertiary/aromatic N) is 3. The van der Waals surface area contributed by atoms with Gasteiger partial charge in [-0.1, -0.05) is 6.07 Å². The molecule has 0 saturated carbocycles. The van der Waals surface area contributed by atoms with Crippen LogP contribution in [0.2, 0.25) is 0 Å². The monoisotopic (exact) mass is 494 g/mol. The Hall–Kier alpha value is -3.83. The summed E-state index contributed by atoms with van der Waals surface area (Å²) < 4.78 is 1.83. The Kier molecular flexibility index (Phi) is 7.45. The summed E-state index contributed by atoms with van der Waals surface area (Å²) in [7, 11) is 0. The second-order valence-electron chi connectivity index (χ2n) is 7.35. The fraction of sp³-hybridized carbons (Fsp3) is 0.174. The van der Waals surface area contributed by atoms with Crippen molar-refractivity contribution >= 4 is 51.2 Å². The Bertz CT molecular complexity index is 1300. The topological polar surface area (TPSA) is 118 Å². The van der Waals surface area contributed by atoms with E-state index in [0.717, 1.165) is 15.4 Å². The molecule has 11 heteroatoms. The van der Waals surface area contributed by atoms with Gasteiger partial charge in [0.2, 0.25) is 11.8 Å². The highest BCUT2D eigenvalue weighted by molar-refractivity contribution is 7.17. The number of hydrogen-bond acceptors (Lipinski definition) is 7. The van der Waals surface area contributed by atoms with Gasteiger partial charge in [0.25, 0.3) is 5.91 Å². The number of thiophene rings is 1. The van der Waals surface area contributed by atoms with Gasteiger partial charge in [-0.05, 0) is 30.3 Å². The molecule has 34 heavy (non-hydrogen) atoms. The van der Waals surface area contributed by atoms with Gasteiger partial charge in [-0.25, -0.2) is 9.97 Å². The highest BCUT2D eigenvalue weighted by atomic mass is 32.1. The smallest absolute Gasteiger partial charge is 0.257 e. The molecule has 4 aromatic rings. The number of imidazole rings is 1. The van der Waals surface area contributed by atoms with Crippen LogP contribution in [0.5, 0.6) is 0 Å². The Morgan fingerprint density at radius 3 is 2.79 bits per heavy atom. The van der Waals surface area contributed by atoms with Gasteiger partial charge in [-0.2, -0.15) is 0 Å². The van der Waals surface area contributed by atoms with Crippen molar-refractivity contribution in [3.8, 4) is 10.6 Å². The number of thiazole rings is 1. The Morgan fingerprint density at radius 2 is 2.00 bits per heavy atom. The predicted octanol–water partition coefficient (Wildman–Crippen LogP) is 3.99. The quantitative estimate of drug-likeness (QED) is 0.325. The first-order valence-corrected chi connectivity index (χ1v) is 12.1. The largest absolute Gasteiger partial charge is 0.351 e. The lowest BCUT2D eigenvalue weighted by Crippen LogP contribution is -2.17. The zero-order valence-corrected chi connectivity index (χ0v) is 19.9. The Morgan fingerprint density at radius 1 is 1.12 bits per heavy atom. The van der Waals surface area contributed by atoms with E-state index in [-0.39, 0.29) is 17.7 Å². The maximum Gasteiger partial charge on any atom is 0.257 e. The number of aryl methyl sites for hydroxylation is 1. The minimum Gasteiger partial charge on any atom is -0.351 e. The number of carbonyl (C=O) groups is 3. The molecule has 0 fully saturated rings. The molecule has 3 heterocycles. The highest BCUT2D eigenvalue weighted by Gasteiger charge is 2.13.